The van der Waals surface area contributed by atoms with Gasteiger partial charge in [0.05, 0.1) is 0 Å². The van der Waals surface area contributed by atoms with Gasteiger partial charge in [-0.2, -0.15) is 0 Å². The number of carbonyl (C=O) groups excluding carboxylic acids is 1. The molecular weight excluding hydrogens is 254 g/mol. The van der Waals surface area contributed by atoms with Crippen molar-refractivity contribution in [2.45, 2.75) is 39.2 Å². The van der Waals surface area contributed by atoms with Gasteiger partial charge in [0.2, 0.25) is 5.91 Å². The molecule has 1 aliphatic heterocycles. The molecule has 1 aromatic heterocycles. The zero-order valence-electron chi connectivity index (χ0n) is 12.4. The van der Waals surface area contributed by atoms with Gasteiger partial charge in [0.15, 0.2) is 0 Å². The summed E-state index contributed by atoms with van der Waals surface area (Å²) in [5.41, 5.74) is 1.01. The third-order valence-corrected chi connectivity index (χ3v) is 3.68. The van der Waals surface area contributed by atoms with Crippen LogP contribution in [0.2, 0.25) is 0 Å². The van der Waals surface area contributed by atoms with Gasteiger partial charge in [0, 0.05) is 25.7 Å². The van der Waals surface area contributed by atoms with Gasteiger partial charge in [-0.25, -0.2) is 9.97 Å². The van der Waals surface area contributed by atoms with Crippen LogP contribution >= 0.6 is 0 Å². The predicted molar refractivity (Wildman–Crippen MR) is 79.9 cm³/mol. The molecular formula is C14H23N5O. The summed E-state index contributed by atoms with van der Waals surface area (Å²) in [6.45, 7) is 5.69. The molecule has 20 heavy (non-hydrogen) atoms. The Morgan fingerprint density at radius 3 is 2.60 bits per heavy atom. The molecule has 110 valence electrons. The van der Waals surface area contributed by atoms with Crippen LogP contribution in [-0.2, 0) is 11.2 Å². The molecule has 2 heterocycles. The van der Waals surface area contributed by atoms with E-state index in [1.54, 1.807) is 0 Å². The van der Waals surface area contributed by atoms with Gasteiger partial charge in [0.1, 0.15) is 24.0 Å². The van der Waals surface area contributed by atoms with Crippen LogP contribution in [0.1, 0.15) is 32.3 Å². The first kappa shape index (κ1) is 14.6. The van der Waals surface area contributed by atoms with Crippen molar-refractivity contribution >= 4 is 17.5 Å². The Hall–Kier alpha value is -1.85. The normalized spacial score (nSPS) is 16.1. The molecule has 0 bridgehead atoms. The van der Waals surface area contributed by atoms with Crippen LogP contribution in [0.15, 0.2) is 6.33 Å². The highest BCUT2D eigenvalue weighted by molar-refractivity contribution is 5.84. The molecule has 6 heteroatoms. The lowest BCUT2D eigenvalue weighted by molar-refractivity contribution is -0.130. The molecule has 2 rings (SSSR count). The molecule has 0 radical (unpaired) electrons. The Kier molecular flexibility index (Phi) is 4.76. The molecule has 1 fully saturated rings. The molecule has 2 N–H and O–H groups in total. The molecule has 1 aromatic rings. The number of hydrogen-bond acceptors (Lipinski definition) is 5. The number of carbonyl (C=O) groups is 1. The van der Waals surface area contributed by atoms with Gasteiger partial charge in [0.25, 0.3) is 0 Å². The lowest BCUT2D eigenvalue weighted by Gasteiger charge is -2.22. The van der Waals surface area contributed by atoms with E-state index in [0.717, 1.165) is 49.6 Å². The maximum Gasteiger partial charge on any atom is 0.244 e. The fraction of sp³-hybridized carbons (Fsp3) is 0.643. The van der Waals surface area contributed by atoms with Crippen molar-refractivity contribution in [1.29, 1.82) is 0 Å². The number of rotatable bonds is 5. The van der Waals surface area contributed by atoms with E-state index in [2.05, 4.69) is 27.5 Å². The van der Waals surface area contributed by atoms with E-state index in [4.69, 9.17) is 0 Å². The molecule has 1 atom stereocenters. The zero-order chi connectivity index (χ0) is 14.5. The Morgan fingerprint density at radius 1 is 1.35 bits per heavy atom. The van der Waals surface area contributed by atoms with Gasteiger partial charge in [-0.05, 0) is 26.2 Å². The van der Waals surface area contributed by atoms with Crippen LogP contribution < -0.4 is 10.6 Å². The average molecular weight is 277 g/mol. The molecule has 6 nitrogen and oxygen atoms in total. The lowest BCUT2D eigenvalue weighted by atomic mass is 10.2. The minimum Gasteiger partial charge on any atom is -0.373 e. The Labute approximate surface area is 120 Å². The smallest absolute Gasteiger partial charge is 0.244 e. The summed E-state index contributed by atoms with van der Waals surface area (Å²) in [6.07, 6.45) is 4.54. The summed E-state index contributed by atoms with van der Waals surface area (Å²) < 4.78 is 0. The fourth-order valence-corrected chi connectivity index (χ4v) is 2.57. The quantitative estimate of drug-likeness (QED) is 0.853. The van der Waals surface area contributed by atoms with Crippen LogP contribution in [-0.4, -0.2) is 47.0 Å². The maximum absolute atomic E-state index is 12.3. The maximum atomic E-state index is 12.3. The van der Waals surface area contributed by atoms with Crippen molar-refractivity contribution in [2.24, 2.45) is 0 Å². The van der Waals surface area contributed by atoms with Crippen LogP contribution in [0.3, 0.4) is 0 Å². The minimum absolute atomic E-state index is 0.147. The Morgan fingerprint density at radius 2 is 2.00 bits per heavy atom. The Balaban J connectivity index is 2.10. The van der Waals surface area contributed by atoms with Gasteiger partial charge < -0.3 is 15.5 Å². The first-order valence-corrected chi connectivity index (χ1v) is 7.24. The monoisotopic (exact) mass is 277 g/mol. The van der Waals surface area contributed by atoms with Gasteiger partial charge >= 0.3 is 0 Å². The van der Waals surface area contributed by atoms with Gasteiger partial charge in [-0.1, -0.05) is 6.92 Å². The fourth-order valence-electron chi connectivity index (χ4n) is 2.57. The van der Waals surface area contributed by atoms with E-state index in [1.807, 2.05) is 18.9 Å². The Bertz CT molecular complexity index is 471. The van der Waals surface area contributed by atoms with Crippen molar-refractivity contribution in [2.75, 3.05) is 30.8 Å². The van der Waals surface area contributed by atoms with Crippen molar-refractivity contribution in [3.05, 3.63) is 11.9 Å². The number of aromatic nitrogens is 2. The highest BCUT2D eigenvalue weighted by Gasteiger charge is 2.24. The number of nitrogens with zero attached hydrogens (tertiary/aromatic N) is 3. The number of nitrogens with one attached hydrogen (secondary N) is 2. The summed E-state index contributed by atoms with van der Waals surface area (Å²) in [5.74, 6) is 1.70. The molecule has 1 unspecified atom stereocenters. The predicted octanol–water partition coefficient (Wildman–Crippen LogP) is 1.50. The largest absolute Gasteiger partial charge is 0.373 e. The number of anilines is 2. The van der Waals surface area contributed by atoms with Gasteiger partial charge in [-0.15, -0.1) is 0 Å². The molecule has 1 saturated heterocycles. The topological polar surface area (TPSA) is 70.1 Å². The van der Waals surface area contributed by atoms with Crippen molar-refractivity contribution < 1.29 is 4.79 Å². The third-order valence-electron chi connectivity index (χ3n) is 3.68. The van der Waals surface area contributed by atoms with Crippen molar-refractivity contribution in [3.63, 3.8) is 0 Å². The SMILES string of the molecule is CCc1c(NC)ncnc1NC(C)C(=O)N1CCCC1. The molecule has 0 saturated carbocycles. The summed E-state index contributed by atoms with van der Waals surface area (Å²) in [7, 11) is 1.84. The second-order valence-electron chi connectivity index (χ2n) is 5.05. The number of amides is 1. The zero-order valence-corrected chi connectivity index (χ0v) is 12.4. The standard InChI is InChI=1S/C14H23N5O/c1-4-11-12(15-3)16-9-17-13(11)18-10(2)14(20)19-7-5-6-8-19/h9-10H,4-8H2,1-3H3,(H2,15,16,17,18). The minimum atomic E-state index is -0.266. The molecule has 0 aliphatic carbocycles. The van der Waals surface area contributed by atoms with Crippen molar-refractivity contribution in [3.8, 4) is 0 Å². The lowest BCUT2D eigenvalue weighted by Crippen LogP contribution is -2.40. The molecule has 0 spiro atoms. The first-order valence-electron chi connectivity index (χ1n) is 7.24. The third kappa shape index (κ3) is 3.00. The second kappa shape index (κ2) is 6.54. The molecule has 1 amide bonds. The molecule has 0 aromatic carbocycles. The van der Waals surface area contributed by atoms with Crippen LogP contribution in [0.25, 0.3) is 0 Å². The summed E-state index contributed by atoms with van der Waals surface area (Å²) >= 11 is 0. The average Bonchev–Trinajstić information content (AvgIpc) is 3.00. The van der Waals surface area contributed by atoms with E-state index in [0.29, 0.717) is 0 Å². The first-order chi connectivity index (χ1) is 9.67. The second-order valence-corrected chi connectivity index (χ2v) is 5.05. The van der Waals surface area contributed by atoms with Crippen LogP contribution in [0.5, 0.6) is 0 Å². The highest BCUT2D eigenvalue weighted by atomic mass is 16.2. The van der Waals surface area contributed by atoms with E-state index < -0.39 is 0 Å². The summed E-state index contributed by atoms with van der Waals surface area (Å²) in [6, 6.07) is -0.266. The summed E-state index contributed by atoms with van der Waals surface area (Å²) in [4.78, 5) is 22.7. The summed E-state index contributed by atoms with van der Waals surface area (Å²) in [5, 5.41) is 6.29. The van der Waals surface area contributed by atoms with Gasteiger partial charge in [-0.3, -0.25) is 4.79 Å². The number of hydrogen-bond donors (Lipinski definition) is 2. The molecule has 1 aliphatic rings. The highest BCUT2D eigenvalue weighted by Crippen LogP contribution is 2.21. The van der Waals surface area contributed by atoms with E-state index in [9.17, 15) is 4.79 Å². The van der Waals surface area contributed by atoms with Crippen LogP contribution in [0, 0.1) is 0 Å². The van der Waals surface area contributed by atoms with E-state index in [-0.39, 0.29) is 11.9 Å². The van der Waals surface area contributed by atoms with Crippen LogP contribution in [0.4, 0.5) is 11.6 Å². The van der Waals surface area contributed by atoms with E-state index in [1.165, 1.54) is 6.33 Å². The van der Waals surface area contributed by atoms with Crippen molar-refractivity contribution in [1.82, 2.24) is 14.9 Å². The van der Waals surface area contributed by atoms with E-state index >= 15 is 0 Å². The number of likely N-dealkylation sites (tertiary alicyclic amines) is 1.